The third kappa shape index (κ3) is 8.27. The number of rotatable bonds is 5. The third-order valence-corrected chi connectivity index (χ3v) is 2.54. The van der Waals surface area contributed by atoms with Crippen LogP contribution in [-0.4, -0.2) is 31.6 Å². The van der Waals surface area contributed by atoms with E-state index in [1.165, 1.54) is 24.3 Å². The molecule has 0 aliphatic rings. The van der Waals surface area contributed by atoms with E-state index in [1.54, 1.807) is 7.11 Å². The lowest BCUT2D eigenvalue weighted by atomic mass is 10.1. The minimum Gasteiger partial charge on any atom is -0.406 e. The first-order valence-corrected chi connectivity index (χ1v) is 6.09. The third-order valence-electron chi connectivity index (χ3n) is 2.54. The highest BCUT2D eigenvalue weighted by molar-refractivity contribution is 14.0. The first-order valence-electron chi connectivity index (χ1n) is 6.09. The molecule has 9 heteroatoms. The van der Waals surface area contributed by atoms with Crippen molar-refractivity contribution in [2.45, 2.75) is 25.8 Å². The zero-order valence-corrected chi connectivity index (χ0v) is 14.7. The van der Waals surface area contributed by atoms with Crippen LogP contribution in [0.25, 0.3) is 0 Å². The van der Waals surface area contributed by atoms with Gasteiger partial charge in [0.25, 0.3) is 0 Å². The number of alkyl halides is 3. The van der Waals surface area contributed by atoms with Gasteiger partial charge in [-0.15, -0.1) is 37.1 Å². The summed E-state index contributed by atoms with van der Waals surface area (Å²) in [7, 11) is 1.57. The van der Waals surface area contributed by atoms with E-state index in [4.69, 9.17) is 10.5 Å². The summed E-state index contributed by atoms with van der Waals surface area (Å²) in [5, 5.41) is 2.76. The van der Waals surface area contributed by atoms with Gasteiger partial charge in [0.15, 0.2) is 5.96 Å². The molecule has 0 saturated heterocycles. The molecule has 0 atom stereocenters. The van der Waals surface area contributed by atoms with Crippen LogP contribution in [0.15, 0.2) is 29.3 Å². The maximum Gasteiger partial charge on any atom is 0.573 e. The predicted molar refractivity (Wildman–Crippen MR) is 89.7 cm³/mol. The molecule has 0 unspecified atom stereocenters. The first kappa shape index (κ1) is 20.8. The van der Waals surface area contributed by atoms with Gasteiger partial charge < -0.3 is 20.5 Å². The topological polar surface area (TPSA) is 68.9 Å². The molecule has 0 saturated carbocycles. The van der Waals surface area contributed by atoms with Gasteiger partial charge in [0.2, 0.25) is 0 Å². The number of hydrogen-bond donors (Lipinski definition) is 2. The smallest absolute Gasteiger partial charge is 0.406 e. The number of methoxy groups -OCH3 is 1. The van der Waals surface area contributed by atoms with Crippen LogP contribution in [0.3, 0.4) is 0 Å². The Morgan fingerprint density at radius 2 is 1.77 bits per heavy atom. The van der Waals surface area contributed by atoms with Crippen molar-refractivity contribution in [1.82, 2.24) is 0 Å². The Labute approximate surface area is 144 Å². The fourth-order valence-electron chi connectivity index (χ4n) is 1.27. The number of anilines is 1. The van der Waals surface area contributed by atoms with Crippen molar-refractivity contribution in [1.29, 1.82) is 0 Å². The Bertz CT molecular complexity index is 490. The highest BCUT2D eigenvalue weighted by Gasteiger charge is 2.30. The standard InChI is InChI=1S/C13H18F3N3O2.HI/c1-12(2,20-3)8-18-11(17)19-9-4-6-10(7-5-9)21-13(14,15)16;/h4-7H,8H2,1-3H3,(H3,17,18,19);1H. The molecule has 0 spiro atoms. The van der Waals surface area contributed by atoms with Gasteiger partial charge in [0.1, 0.15) is 5.75 Å². The molecule has 0 aliphatic carbocycles. The summed E-state index contributed by atoms with van der Waals surface area (Å²) in [6.45, 7) is 4.05. The minimum absolute atomic E-state index is 0. The van der Waals surface area contributed by atoms with Crippen molar-refractivity contribution >= 4 is 35.6 Å². The number of ether oxygens (including phenoxy) is 2. The summed E-state index contributed by atoms with van der Waals surface area (Å²) >= 11 is 0. The lowest BCUT2D eigenvalue weighted by Crippen LogP contribution is -2.30. The lowest BCUT2D eigenvalue weighted by molar-refractivity contribution is -0.274. The van der Waals surface area contributed by atoms with Crippen molar-refractivity contribution in [3.8, 4) is 5.75 Å². The summed E-state index contributed by atoms with van der Waals surface area (Å²) in [6.07, 6.45) is -4.71. The second-order valence-corrected chi connectivity index (χ2v) is 4.86. The molecule has 0 fully saturated rings. The second kappa shape index (κ2) is 8.42. The first-order chi connectivity index (χ1) is 9.61. The van der Waals surface area contributed by atoms with E-state index in [0.29, 0.717) is 12.2 Å². The molecule has 0 heterocycles. The molecule has 3 N–H and O–H groups in total. The van der Waals surface area contributed by atoms with E-state index in [-0.39, 0.29) is 35.7 Å². The fourth-order valence-corrected chi connectivity index (χ4v) is 1.27. The molecule has 0 bridgehead atoms. The van der Waals surface area contributed by atoms with Gasteiger partial charge in [-0.05, 0) is 38.1 Å². The molecular formula is C13H19F3IN3O2. The van der Waals surface area contributed by atoms with Crippen molar-refractivity contribution in [2.75, 3.05) is 19.0 Å². The predicted octanol–water partition coefficient (Wildman–Crippen LogP) is 3.35. The van der Waals surface area contributed by atoms with Crippen LogP contribution in [0.2, 0.25) is 0 Å². The minimum atomic E-state index is -4.71. The number of hydrogen-bond acceptors (Lipinski definition) is 3. The Hall–Kier alpha value is -1.23. The summed E-state index contributed by atoms with van der Waals surface area (Å²) in [4.78, 5) is 4.09. The summed E-state index contributed by atoms with van der Waals surface area (Å²) in [5.41, 5.74) is 5.73. The maximum atomic E-state index is 12.0. The number of nitrogens with one attached hydrogen (secondary N) is 1. The summed E-state index contributed by atoms with van der Waals surface area (Å²) in [6, 6.07) is 5.18. The molecule has 126 valence electrons. The van der Waals surface area contributed by atoms with Gasteiger partial charge >= 0.3 is 6.36 Å². The SMILES string of the molecule is COC(C)(C)CN=C(N)Nc1ccc(OC(F)(F)F)cc1.I. The van der Waals surface area contributed by atoms with Gasteiger partial charge in [-0.1, -0.05) is 0 Å². The van der Waals surface area contributed by atoms with Crippen LogP contribution in [0, 0.1) is 0 Å². The number of nitrogens with zero attached hydrogens (tertiary/aromatic N) is 1. The average Bonchev–Trinajstić information content (AvgIpc) is 2.37. The van der Waals surface area contributed by atoms with Crippen LogP contribution in [0.5, 0.6) is 5.75 Å². The number of aliphatic imine (C=N–C) groups is 1. The van der Waals surface area contributed by atoms with Crippen molar-refractivity contribution in [3.63, 3.8) is 0 Å². The molecule has 1 aromatic carbocycles. The van der Waals surface area contributed by atoms with Gasteiger partial charge in [-0.25, -0.2) is 0 Å². The average molecular weight is 433 g/mol. The summed E-state index contributed by atoms with van der Waals surface area (Å²) in [5.74, 6) is -0.159. The molecule has 0 aliphatic heterocycles. The highest BCUT2D eigenvalue weighted by Crippen LogP contribution is 2.23. The van der Waals surface area contributed by atoms with E-state index in [9.17, 15) is 13.2 Å². The van der Waals surface area contributed by atoms with Crippen LogP contribution in [-0.2, 0) is 4.74 Å². The largest absolute Gasteiger partial charge is 0.573 e. The summed E-state index contributed by atoms with van der Waals surface area (Å²) < 4.78 is 45.0. The monoisotopic (exact) mass is 433 g/mol. The Balaban J connectivity index is 0.00000441. The quantitative estimate of drug-likeness (QED) is 0.425. The van der Waals surface area contributed by atoms with E-state index in [0.717, 1.165) is 0 Å². The Kier molecular flexibility index (Phi) is 7.94. The van der Waals surface area contributed by atoms with Gasteiger partial charge in [-0.3, -0.25) is 4.99 Å². The molecule has 1 rings (SSSR count). The fraction of sp³-hybridized carbons (Fsp3) is 0.462. The molecule has 0 aromatic heterocycles. The molecule has 0 amide bonds. The van der Waals surface area contributed by atoms with Gasteiger partial charge in [0, 0.05) is 12.8 Å². The van der Waals surface area contributed by atoms with Crippen molar-refractivity contribution in [2.24, 2.45) is 10.7 Å². The number of benzene rings is 1. The van der Waals surface area contributed by atoms with Crippen LogP contribution in [0.4, 0.5) is 18.9 Å². The molecule has 1 aromatic rings. The van der Waals surface area contributed by atoms with Crippen molar-refractivity contribution < 1.29 is 22.6 Å². The number of guanidine groups is 1. The van der Waals surface area contributed by atoms with Crippen molar-refractivity contribution in [3.05, 3.63) is 24.3 Å². The number of halogens is 4. The maximum absolute atomic E-state index is 12.0. The van der Waals surface area contributed by atoms with Crippen LogP contribution >= 0.6 is 24.0 Å². The van der Waals surface area contributed by atoms with E-state index in [2.05, 4.69) is 15.0 Å². The molecule has 0 radical (unpaired) electrons. The van der Waals surface area contributed by atoms with Gasteiger partial charge in [-0.2, -0.15) is 0 Å². The molecule has 5 nitrogen and oxygen atoms in total. The Morgan fingerprint density at radius 1 is 1.23 bits per heavy atom. The molecule has 22 heavy (non-hydrogen) atoms. The lowest BCUT2D eigenvalue weighted by Gasteiger charge is -2.20. The Morgan fingerprint density at radius 3 is 2.23 bits per heavy atom. The highest BCUT2D eigenvalue weighted by atomic mass is 127. The van der Waals surface area contributed by atoms with Crippen LogP contribution in [0.1, 0.15) is 13.8 Å². The van der Waals surface area contributed by atoms with E-state index < -0.39 is 12.0 Å². The normalized spacial score (nSPS) is 12.5. The zero-order valence-electron chi connectivity index (χ0n) is 12.4. The van der Waals surface area contributed by atoms with Gasteiger partial charge in [0.05, 0.1) is 12.1 Å². The van der Waals surface area contributed by atoms with E-state index >= 15 is 0 Å². The zero-order chi connectivity index (χ0) is 16.1. The second-order valence-electron chi connectivity index (χ2n) is 4.86. The van der Waals surface area contributed by atoms with E-state index in [1.807, 2.05) is 13.8 Å². The van der Waals surface area contributed by atoms with Crippen LogP contribution < -0.4 is 15.8 Å². The molecular weight excluding hydrogens is 414 g/mol. The number of nitrogens with two attached hydrogens (primary N) is 1.